The molecule has 1 aromatic heterocycles. The Morgan fingerprint density at radius 3 is 2.58 bits per heavy atom. The van der Waals surface area contributed by atoms with Crippen LogP contribution in [0.4, 0.5) is 17.2 Å². The number of rotatable bonds is 5. The number of carbonyl (C=O) groups excluding carboxylic acids is 1. The van der Waals surface area contributed by atoms with E-state index in [1.807, 2.05) is 0 Å². The molecule has 2 aromatic carbocycles. The summed E-state index contributed by atoms with van der Waals surface area (Å²) in [7, 11) is 1.54. The number of hydrogen-bond donors (Lipinski definition) is 2. The van der Waals surface area contributed by atoms with Gasteiger partial charge in [0.25, 0.3) is 5.91 Å². The number of amides is 1. The van der Waals surface area contributed by atoms with E-state index in [1.165, 1.54) is 12.4 Å². The highest BCUT2D eigenvalue weighted by molar-refractivity contribution is 6.34. The molecule has 1 heterocycles. The van der Waals surface area contributed by atoms with E-state index in [0.717, 1.165) is 0 Å². The highest BCUT2D eigenvalue weighted by Gasteiger charge is 2.11. The van der Waals surface area contributed by atoms with Crippen molar-refractivity contribution < 1.29 is 9.53 Å². The van der Waals surface area contributed by atoms with Crippen molar-refractivity contribution in [1.82, 2.24) is 9.97 Å². The van der Waals surface area contributed by atoms with Crippen LogP contribution in [-0.4, -0.2) is 23.0 Å². The van der Waals surface area contributed by atoms with Crippen LogP contribution in [0.25, 0.3) is 0 Å². The van der Waals surface area contributed by atoms with Gasteiger partial charge in [0.1, 0.15) is 23.6 Å². The minimum Gasteiger partial charge on any atom is -0.495 e. The fourth-order valence-electron chi connectivity index (χ4n) is 2.19. The van der Waals surface area contributed by atoms with E-state index in [1.54, 1.807) is 49.6 Å². The van der Waals surface area contributed by atoms with Gasteiger partial charge in [0, 0.05) is 11.8 Å². The lowest BCUT2D eigenvalue weighted by atomic mass is 10.3. The Morgan fingerprint density at radius 2 is 1.85 bits per heavy atom. The van der Waals surface area contributed by atoms with Gasteiger partial charge in [-0.1, -0.05) is 35.3 Å². The largest absolute Gasteiger partial charge is 0.495 e. The number of methoxy groups -OCH3 is 1. The van der Waals surface area contributed by atoms with Crippen molar-refractivity contribution in [2.75, 3.05) is 17.7 Å². The molecule has 2 N–H and O–H groups in total. The summed E-state index contributed by atoms with van der Waals surface area (Å²) in [4.78, 5) is 20.5. The Kier molecular flexibility index (Phi) is 5.55. The number of anilines is 3. The number of hydrogen-bond acceptors (Lipinski definition) is 5. The number of aromatic nitrogens is 2. The summed E-state index contributed by atoms with van der Waals surface area (Å²) in [6, 6.07) is 13.7. The predicted octanol–water partition coefficient (Wildman–Crippen LogP) is 4.79. The summed E-state index contributed by atoms with van der Waals surface area (Å²) in [6.07, 6.45) is 1.30. The number of ether oxygens (including phenoxy) is 1. The average Bonchev–Trinajstić information content (AvgIpc) is 2.64. The fourth-order valence-corrected chi connectivity index (χ4v) is 2.63. The molecule has 6 nitrogen and oxygen atoms in total. The molecular weight excluding hydrogens is 375 g/mol. The molecule has 132 valence electrons. The van der Waals surface area contributed by atoms with Crippen LogP contribution in [0.2, 0.25) is 10.0 Å². The lowest BCUT2D eigenvalue weighted by Gasteiger charge is -2.10. The standard InChI is InChI=1S/C18H14Cl2N4O2/c1-26-16-7-6-11(8-13(16)20)23-17-9-15(21-10-22-17)18(25)24-14-5-3-2-4-12(14)19/h2-10H,1H3,(H,24,25)(H,21,22,23). The first-order chi connectivity index (χ1) is 12.6. The number of benzene rings is 2. The number of nitrogens with one attached hydrogen (secondary N) is 2. The van der Waals surface area contributed by atoms with E-state index in [2.05, 4.69) is 20.6 Å². The molecule has 0 saturated carbocycles. The minimum absolute atomic E-state index is 0.196. The molecule has 0 atom stereocenters. The maximum Gasteiger partial charge on any atom is 0.274 e. The maximum absolute atomic E-state index is 12.4. The van der Waals surface area contributed by atoms with Gasteiger partial charge in [0.2, 0.25) is 0 Å². The monoisotopic (exact) mass is 388 g/mol. The van der Waals surface area contributed by atoms with Crippen molar-refractivity contribution in [2.24, 2.45) is 0 Å². The molecule has 0 aliphatic rings. The lowest BCUT2D eigenvalue weighted by Crippen LogP contribution is -2.14. The van der Waals surface area contributed by atoms with E-state index in [4.69, 9.17) is 27.9 Å². The molecule has 0 saturated heterocycles. The molecule has 0 aliphatic heterocycles. The second-order valence-electron chi connectivity index (χ2n) is 5.20. The third-order valence-corrected chi connectivity index (χ3v) is 4.07. The normalized spacial score (nSPS) is 10.3. The molecule has 3 aromatic rings. The summed E-state index contributed by atoms with van der Waals surface area (Å²) >= 11 is 12.2. The van der Waals surface area contributed by atoms with Gasteiger partial charge in [0.15, 0.2) is 0 Å². The molecule has 0 aliphatic carbocycles. The predicted molar refractivity (Wildman–Crippen MR) is 103 cm³/mol. The van der Waals surface area contributed by atoms with Crippen LogP contribution in [0.3, 0.4) is 0 Å². The van der Waals surface area contributed by atoms with Gasteiger partial charge in [-0.2, -0.15) is 0 Å². The molecule has 0 fully saturated rings. The quantitative estimate of drug-likeness (QED) is 0.656. The molecule has 1 amide bonds. The Hall–Kier alpha value is -2.83. The maximum atomic E-state index is 12.4. The van der Waals surface area contributed by atoms with Crippen molar-refractivity contribution in [3.63, 3.8) is 0 Å². The number of nitrogens with zero attached hydrogens (tertiary/aromatic N) is 2. The van der Waals surface area contributed by atoms with Crippen molar-refractivity contribution >= 4 is 46.3 Å². The van der Waals surface area contributed by atoms with Crippen LogP contribution < -0.4 is 15.4 Å². The zero-order chi connectivity index (χ0) is 18.5. The van der Waals surface area contributed by atoms with E-state index in [-0.39, 0.29) is 5.69 Å². The van der Waals surface area contributed by atoms with E-state index in [0.29, 0.717) is 33.0 Å². The molecule has 0 bridgehead atoms. The molecule has 26 heavy (non-hydrogen) atoms. The zero-order valence-corrected chi connectivity index (χ0v) is 15.2. The number of para-hydroxylation sites is 1. The van der Waals surface area contributed by atoms with Crippen molar-refractivity contribution in [3.05, 3.63) is 70.6 Å². The average molecular weight is 389 g/mol. The number of halogens is 2. The second-order valence-corrected chi connectivity index (χ2v) is 6.01. The van der Waals surface area contributed by atoms with Crippen LogP contribution in [0.5, 0.6) is 5.75 Å². The minimum atomic E-state index is -0.392. The smallest absolute Gasteiger partial charge is 0.274 e. The summed E-state index contributed by atoms with van der Waals surface area (Å²) in [5.74, 6) is 0.626. The molecule has 3 rings (SSSR count). The summed E-state index contributed by atoms with van der Waals surface area (Å²) in [5.41, 5.74) is 1.41. The SMILES string of the molecule is COc1ccc(Nc2cc(C(=O)Nc3ccccc3Cl)ncn2)cc1Cl. The van der Waals surface area contributed by atoms with E-state index >= 15 is 0 Å². The topological polar surface area (TPSA) is 76.1 Å². The van der Waals surface area contributed by atoms with Crippen LogP contribution in [-0.2, 0) is 0 Å². The van der Waals surface area contributed by atoms with Crippen LogP contribution in [0.1, 0.15) is 10.5 Å². The van der Waals surface area contributed by atoms with E-state index in [9.17, 15) is 4.79 Å². The summed E-state index contributed by atoms with van der Waals surface area (Å²) in [6.45, 7) is 0. The molecule has 0 radical (unpaired) electrons. The van der Waals surface area contributed by atoms with Gasteiger partial charge in [0.05, 0.1) is 22.8 Å². The highest BCUT2D eigenvalue weighted by atomic mass is 35.5. The first kappa shape index (κ1) is 18.0. The summed E-state index contributed by atoms with van der Waals surface area (Å²) in [5, 5.41) is 6.69. The zero-order valence-electron chi connectivity index (χ0n) is 13.7. The first-order valence-corrected chi connectivity index (χ1v) is 8.31. The Morgan fingerprint density at radius 1 is 1.04 bits per heavy atom. The van der Waals surface area contributed by atoms with Gasteiger partial charge >= 0.3 is 0 Å². The van der Waals surface area contributed by atoms with Crippen molar-refractivity contribution in [3.8, 4) is 5.75 Å². The van der Waals surface area contributed by atoms with Gasteiger partial charge in [-0.3, -0.25) is 4.79 Å². The molecule has 0 unspecified atom stereocenters. The van der Waals surface area contributed by atoms with Crippen molar-refractivity contribution in [1.29, 1.82) is 0 Å². The Balaban J connectivity index is 1.76. The Labute approximate surface area is 160 Å². The van der Waals surface area contributed by atoms with Crippen LogP contribution in [0, 0.1) is 0 Å². The lowest BCUT2D eigenvalue weighted by molar-refractivity contribution is 0.102. The fraction of sp³-hybridized carbons (Fsp3) is 0.0556. The van der Waals surface area contributed by atoms with E-state index < -0.39 is 5.91 Å². The van der Waals surface area contributed by atoms with Gasteiger partial charge < -0.3 is 15.4 Å². The molecule has 0 spiro atoms. The molecular formula is C18H14Cl2N4O2. The second kappa shape index (κ2) is 8.03. The van der Waals surface area contributed by atoms with Gasteiger partial charge in [-0.15, -0.1) is 0 Å². The Bertz CT molecular complexity index is 950. The van der Waals surface area contributed by atoms with Crippen molar-refractivity contribution in [2.45, 2.75) is 0 Å². The van der Waals surface area contributed by atoms with Crippen LogP contribution >= 0.6 is 23.2 Å². The number of carbonyl (C=O) groups is 1. The first-order valence-electron chi connectivity index (χ1n) is 7.55. The van der Waals surface area contributed by atoms with Gasteiger partial charge in [-0.05, 0) is 30.3 Å². The third-order valence-electron chi connectivity index (χ3n) is 3.45. The highest BCUT2D eigenvalue weighted by Crippen LogP contribution is 2.28. The molecule has 8 heteroatoms. The summed E-state index contributed by atoms with van der Waals surface area (Å²) < 4.78 is 5.12. The van der Waals surface area contributed by atoms with Gasteiger partial charge in [-0.25, -0.2) is 9.97 Å². The third kappa shape index (κ3) is 4.22. The van der Waals surface area contributed by atoms with Crippen LogP contribution in [0.15, 0.2) is 54.9 Å².